The van der Waals surface area contributed by atoms with Crippen molar-refractivity contribution in [1.82, 2.24) is 0 Å². The molecule has 2 unspecified atom stereocenters. The second-order valence-corrected chi connectivity index (χ2v) is 5.44. The van der Waals surface area contributed by atoms with Crippen LogP contribution in [0.2, 0.25) is 0 Å². The van der Waals surface area contributed by atoms with Gasteiger partial charge in [0, 0.05) is 6.04 Å². The van der Waals surface area contributed by atoms with Crippen LogP contribution in [-0.4, -0.2) is 18.6 Å². The Labute approximate surface area is 91.4 Å². The first kappa shape index (κ1) is 10.9. The van der Waals surface area contributed by atoms with E-state index in [4.69, 9.17) is 10.5 Å². The van der Waals surface area contributed by atoms with Crippen LogP contribution in [0.15, 0.2) is 0 Å². The average molecular weight is 211 g/mol. The summed E-state index contributed by atoms with van der Waals surface area (Å²) in [6, 6.07) is 0.367. The van der Waals surface area contributed by atoms with E-state index in [9.17, 15) is 4.79 Å². The monoisotopic (exact) mass is 211 g/mol. The molecule has 0 bridgehead atoms. The van der Waals surface area contributed by atoms with Gasteiger partial charge in [-0.25, -0.2) is 0 Å². The molecular formula is C12H21NO2. The largest absolute Gasteiger partial charge is 0.466 e. The number of hydrogen-bond donors (Lipinski definition) is 1. The molecule has 4 atom stereocenters. The van der Waals surface area contributed by atoms with Crippen LogP contribution >= 0.6 is 0 Å². The maximum absolute atomic E-state index is 11.8. The summed E-state index contributed by atoms with van der Waals surface area (Å²) in [5, 5.41) is 0. The zero-order valence-electron chi connectivity index (χ0n) is 9.66. The number of rotatable bonds is 2. The molecule has 3 nitrogen and oxygen atoms in total. The first-order valence-electron chi connectivity index (χ1n) is 5.98. The highest BCUT2D eigenvalue weighted by Gasteiger charge is 2.50. The summed E-state index contributed by atoms with van der Waals surface area (Å²) in [6.45, 7) is 4.41. The number of carbonyl (C=O) groups excluding carboxylic acids is 1. The predicted molar refractivity (Wildman–Crippen MR) is 58.2 cm³/mol. The van der Waals surface area contributed by atoms with E-state index in [1.54, 1.807) is 0 Å². The van der Waals surface area contributed by atoms with Gasteiger partial charge in [0.15, 0.2) is 0 Å². The van der Waals surface area contributed by atoms with Crippen molar-refractivity contribution in [2.24, 2.45) is 23.0 Å². The second kappa shape index (κ2) is 3.78. The lowest BCUT2D eigenvalue weighted by Gasteiger charge is -2.22. The molecule has 0 aromatic carbocycles. The highest BCUT2D eigenvalue weighted by molar-refractivity contribution is 5.76. The molecule has 3 heteroatoms. The summed E-state index contributed by atoms with van der Waals surface area (Å²) in [4.78, 5) is 11.8. The Hall–Kier alpha value is -0.570. The fourth-order valence-electron chi connectivity index (χ4n) is 3.47. The molecular weight excluding hydrogens is 190 g/mol. The topological polar surface area (TPSA) is 52.3 Å². The van der Waals surface area contributed by atoms with Gasteiger partial charge in [-0.15, -0.1) is 0 Å². The van der Waals surface area contributed by atoms with Gasteiger partial charge >= 0.3 is 5.97 Å². The van der Waals surface area contributed by atoms with E-state index in [2.05, 4.69) is 6.92 Å². The molecule has 0 aromatic rings. The van der Waals surface area contributed by atoms with Gasteiger partial charge < -0.3 is 10.5 Å². The normalized spacial score (nSPS) is 44.1. The summed E-state index contributed by atoms with van der Waals surface area (Å²) in [5.74, 6) is 1.32. The van der Waals surface area contributed by atoms with E-state index in [1.807, 2.05) is 6.92 Å². The standard InChI is InChI=1S/C12H21NO2/c1-3-15-11(14)12(2)6-8-4-10(13)5-9(8)7-12/h8-10H,3-7,13H2,1-2H3/t8-,9+,10?,12?. The average Bonchev–Trinajstić information content (AvgIpc) is 2.59. The van der Waals surface area contributed by atoms with E-state index in [0.29, 0.717) is 24.5 Å². The second-order valence-electron chi connectivity index (χ2n) is 5.44. The molecule has 0 heterocycles. The molecule has 2 saturated carbocycles. The third-order valence-corrected chi connectivity index (χ3v) is 4.07. The number of carbonyl (C=O) groups is 1. The fourth-order valence-corrected chi connectivity index (χ4v) is 3.47. The Balaban J connectivity index is 2.00. The molecule has 86 valence electrons. The van der Waals surface area contributed by atoms with Crippen LogP contribution in [0, 0.1) is 17.3 Å². The Morgan fingerprint density at radius 2 is 1.93 bits per heavy atom. The minimum Gasteiger partial charge on any atom is -0.466 e. The molecule has 0 aromatic heterocycles. The van der Waals surface area contributed by atoms with Crippen LogP contribution in [0.25, 0.3) is 0 Å². The molecule has 0 saturated heterocycles. The minimum absolute atomic E-state index is 0.00651. The van der Waals surface area contributed by atoms with Crippen molar-refractivity contribution < 1.29 is 9.53 Å². The summed E-state index contributed by atoms with van der Waals surface area (Å²) >= 11 is 0. The quantitative estimate of drug-likeness (QED) is 0.707. The van der Waals surface area contributed by atoms with Gasteiger partial charge in [-0.2, -0.15) is 0 Å². The van der Waals surface area contributed by atoms with Crippen molar-refractivity contribution in [3.8, 4) is 0 Å². The van der Waals surface area contributed by atoms with Crippen LogP contribution in [0.4, 0.5) is 0 Å². The van der Waals surface area contributed by atoms with Crippen LogP contribution < -0.4 is 5.73 Å². The summed E-state index contributed by atoms with van der Waals surface area (Å²) in [7, 11) is 0. The summed E-state index contributed by atoms with van der Waals surface area (Å²) in [6.07, 6.45) is 4.15. The molecule has 2 N–H and O–H groups in total. The molecule has 0 spiro atoms. The van der Waals surface area contributed by atoms with Gasteiger partial charge in [-0.3, -0.25) is 4.79 Å². The smallest absolute Gasteiger partial charge is 0.311 e. The number of nitrogens with two attached hydrogens (primary N) is 1. The Kier molecular flexibility index (Phi) is 2.75. The maximum Gasteiger partial charge on any atom is 0.311 e. The van der Waals surface area contributed by atoms with Crippen molar-refractivity contribution in [2.45, 2.75) is 45.6 Å². The Morgan fingerprint density at radius 3 is 2.40 bits per heavy atom. The molecule has 2 fully saturated rings. The molecule has 2 aliphatic rings. The lowest BCUT2D eigenvalue weighted by atomic mass is 9.86. The maximum atomic E-state index is 11.8. The van der Waals surface area contributed by atoms with Crippen LogP contribution in [0.1, 0.15) is 39.5 Å². The highest BCUT2D eigenvalue weighted by Crippen LogP contribution is 2.52. The van der Waals surface area contributed by atoms with Crippen molar-refractivity contribution >= 4 is 5.97 Å². The van der Waals surface area contributed by atoms with Gasteiger partial charge in [0.2, 0.25) is 0 Å². The minimum atomic E-state index is -0.231. The van der Waals surface area contributed by atoms with Crippen molar-refractivity contribution in [1.29, 1.82) is 0 Å². The van der Waals surface area contributed by atoms with Crippen molar-refractivity contribution in [2.75, 3.05) is 6.61 Å². The zero-order chi connectivity index (χ0) is 11.1. The van der Waals surface area contributed by atoms with Gasteiger partial charge in [0.1, 0.15) is 0 Å². The number of fused-ring (bicyclic) bond motifs is 1. The Morgan fingerprint density at radius 1 is 1.40 bits per heavy atom. The van der Waals surface area contributed by atoms with Crippen molar-refractivity contribution in [3.63, 3.8) is 0 Å². The number of esters is 1. The fraction of sp³-hybridized carbons (Fsp3) is 0.917. The van der Waals surface area contributed by atoms with Gasteiger partial charge in [-0.05, 0) is 51.4 Å². The predicted octanol–water partition coefficient (Wildman–Crippen LogP) is 1.70. The van der Waals surface area contributed by atoms with Crippen molar-refractivity contribution in [3.05, 3.63) is 0 Å². The summed E-state index contributed by atoms with van der Waals surface area (Å²) in [5.41, 5.74) is 5.70. The van der Waals surface area contributed by atoms with E-state index in [1.165, 1.54) is 0 Å². The van der Waals surface area contributed by atoms with E-state index in [-0.39, 0.29) is 11.4 Å². The lowest BCUT2D eigenvalue weighted by molar-refractivity contribution is -0.154. The highest BCUT2D eigenvalue weighted by atomic mass is 16.5. The number of ether oxygens (including phenoxy) is 1. The van der Waals surface area contributed by atoms with Gasteiger partial charge in [-0.1, -0.05) is 0 Å². The first-order chi connectivity index (χ1) is 7.05. The molecule has 0 radical (unpaired) electrons. The van der Waals surface area contributed by atoms with Gasteiger partial charge in [0.25, 0.3) is 0 Å². The van der Waals surface area contributed by atoms with Crippen LogP contribution in [0.5, 0.6) is 0 Å². The van der Waals surface area contributed by atoms with E-state index < -0.39 is 0 Å². The Bertz CT molecular complexity index is 250. The first-order valence-corrected chi connectivity index (χ1v) is 5.98. The third-order valence-electron chi connectivity index (χ3n) is 4.07. The zero-order valence-corrected chi connectivity index (χ0v) is 9.66. The van der Waals surface area contributed by atoms with Crippen LogP contribution in [0.3, 0.4) is 0 Å². The van der Waals surface area contributed by atoms with Gasteiger partial charge in [0.05, 0.1) is 12.0 Å². The molecule has 2 rings (SSSR count). The molecule has 0 aliphatic heterocycles. The number of hydrogen-bond acceptors (Lipinski definition) is 3. The molecule has 2 aliphatic carbocycles. The summed E-state index contributed by atoms with van der Waals surface area (Å²) < 4.78 is 5.15. The lowest BCUT2D eigenvalue weighted by Crippen LogP contribution is -2.29. The van der Waals surface area contributed by atoms with E-state index in [0.717, 1.165) is 25.7 Å². The SMILES string of the molecule is CCOC(=O)C1(C)C[C@H]2CC(N)C[C@H]2C1. The van der Waals surface area contributed by atoms with E-state index >= 15 is 0 Å². The van der Waals surface area contributed by atoms with Crippen LogP contribution in [-0.2, 0) is 9.53 Å². The molecule has 0 amide bonds. The molecule has 15 heavy (non-hydrogen) atoms. The third kappa shape index (κ3) is 1.89.